The number of allylic oxidation sites excluding steroid dienone is 3. The fourth-order valence-corrected chi connectivity index (χ4v) is 3.85. The lowest BCUT2D eigenvalue weighted by Crippen LogP contribution is -2.23. The van der Waals surface area contributed by atoms with Gasteiger partial charge in [0.2, 0.25) is 6.04 Å². The van der Waals surface area contributed by atoms with E-state index in [1.54, 1.807) is 18.4 Å². The quantitative estimate of drug-likeness (QED) is 0.504. The van der Waals surface area contributed by atoms with Crippen LogP contribution in [-0.4, -0.2) is 17.6 Å². The molecule has 1 heterocycles. The molecule has 0 N–H and O–H groups in total. The van der Waals surface area contributed by atoms with Gasteiger partial charge in [-0.15, -0.1) is 0 Å². The van der Waals surface area contributed by atoms with Crippen molar-refractivity contribution in [3.63, 3.8) is 0 Å². The van der Waals surface area contributed by atoms with Gasteiger partial charge < -0.3 is 4.74 Å². The number of hydrogen-bond acceptors (Lipinski definition) is 3. The Bertz CT molecular complexity index is 1040. The van der Waals surface area contributed by atoms with Gasteiger partial charge in [-0.1, -0.05) is 30.4 Å². The van der Waals surface area contributed by atoms with Crippen LogP contribution in [0.25, 0.3) is 22.9 Å². The van der Waals surface area contributed by atoms with Crippen molar-refractivity contribution in [2.75, 3.05) is 6.61 Å². The van der Waals surface area contributed by atoms with Gasteiger partial charge in [0, 0.05) is 16.9 Å². The van der Waals surface area contributed by atoms with Crippen LogP contribution in [0.15, 0.2) is 54.8 Å². The van der Waals surface area contributed by atoms with Crippen molar-refractivity contribution in [1.82, 2.24) is 0 Å². The van der Waals surface area contributed by atoms with Gasteiger partial charge >= 0.3 is 0 Å². The van der Waals surface area contributed by atoms with Gasteiger partial charge in [0.25, 0.3) is 0 Å². The average Bonchev–Trinajstić information content (AvgIpc) is 2.75. The van der Waals surface area contributed by atoms with Gasteiger partial charge in [-0.05, 0) is 70.7 Å². The highest BCUT2D eigenvalue weighted by Crippen LogP contribution is 2.35. The summed E-state index contributed by atoms with van der Waals surface area (Å²) in [4.78, 5) is 10.8. The van der Waals surface area contributed by atoms with Crippen LogP contribution in [0.3, 0.4) is 0 Å². The second kappa shape index (κ2) is 7.80. The van der Waals surface area contributed by atoms with E-state index in [4.69, 9.17) is 4.74 Å². The Kier molecular flexibility index (Phi) is 5.06. The molecular weight excluding hydrogens is 357 g/mol. The van der Waals surface area contributed by atoms with Crippen LogP contribution < -0.4 is 0 Å². The van der Waals surface area contributed by atoms with Crippen molar-refractivity contribution in [3.8, 4) is 0 Å². The normalized spacial score (nSPS) is 18.7. The minimum Gasteiger partial charge on any atom is -0.497 e. The van der Waals surface area contributed by atoms with E-state index in [1.807, 2.05) is 30.4 Å². The number of nitrogens with zero attached hydrogens (tertiary/aromatic N) is 1. The fourth-order valence-electron chi connectivity index (χ4n) is 3.85. The molecule has 5 rings (SSSR count). The number of rotatable bonds is 1. The molecule has 1 atom stereocenters. The SMILES string of the molecule is C1=CCOC=C1.O=[N+]([O-])C1C=Cc2c(F)cc3c4c(ccc3c2C1)C=CCC4. The van der Waals surface area contributed by atoms with Gasteiger partial charge in [-0.2, -0.15) is 0 Å². The Morgan fingerprint density at radius 3 is 2.68 bits per heavy atom. The molecule has 2 aromatic rings. The predicted molar refractivity (Wildman–Crippen MR) is 109 cm³/mol. The van der Waals surface area contributed by atoms with Gasteiger partial charge in [0.15, 0.2) is 0 Å². The zero-order chi connectivity index (χ0) is 19.5. The zero-order valence-electron chi connectivity index (χ0n) is 15.3. The standard InChI is InChI=1S/C18H14FNO2.C5H6O/c19-18-10-17-13-4-2-1-3-11(13)5-7-14(17)16-9-12(20(21)22)6-8-15(16)18;1-2-4-6-5-3-1/h1,3,5-8,10,12H,2,4,9H2;1-4H,5H2. The van der Waals surface area contributed by atoms with E-state index in [9.17, 15) is 14.5 Å². The first-order valence-corrected chi connectivity index (χ1v) is 9.33. The summed E-state index contributed by atoms with van der Waals surface area (Å²) in [6, 6.07) is 4.82. The summed E-state index contributed by atoms with van der Waals surface area (Å²) in [6.45, 7) is 0.733. The number of ether oxygens (including phenoxy) is 1. The first-order chi connectivity index (χ1) is 13.6. The molecule has 0 spiro atoms. The molecule has 0 aromatic heterocycles. The molecule has 4 nitrogen and oxygen atoms in total. The number of nitro groups is 1. The Labute approximate surface area is 162 Å². The molecular formula is C23H20FNO3. The molecule has 142 valence electrons. The van der Waals surface area contributed by atoms with Crippen LogP contribution in [0, 0.1) is 15.9 Å². The second-order valence-corrected chi connectivity index (χ2v) is 6.93. The third-order valence-corrected chi connectivity index (χ3v) is 5.21. The Morgan fingerprint density at radius 2 is 2.00 bits per heavy atom. The zero-order valence-corrected chi connectivity index (χ0v) is 15.3. The van der Waals surface area contributed by atoms with Crippen molar-refractivity contribution in [3.05, 3.63) is 93.0 Å². The van der Waals surface area contributed by atoms with Crippen LogP contribution in [-0.2, 0) is 17.6 Å². The van der Waals surface area contributed by atoms with E-state index in [0.717, 1.165) is 46.9 Å². The number of fused-ring (bicyclic) bond motifs is 5. The van der Waals surface area contributed by atoms with Crippen LogP contribution in [0.5, 0.6) is 0 Å². The molecule has 2 aromatic carbocycles. The van der Waals surface area contributed by atoms with Crippen LogP contribution in [0.2, 0.25) is 0 Å². The predicted octanol–water partition coefficient (Wildman–Crippen LogP) is 5.24. The van der Waals surface area contributed by atoms with E-state index in [2.05, 4.69) is 12.2 Å². The van der Waals surface area contributed by atoms with E-state index < -0.39 is 6.04 Å². The number of halogens is 1. The topological polar surface area (TPSA) is 52.4 Å². The highest BCUT2D eigenvalue weighted by molar-refractivity contribution is 5.94. The van der Waals surface area contributed by atoms with Gasteiger partial charge in [0.05, 0.1) is 6.26 Å². The summed E-state index contributed by atoms with van der Waals surface area (Å²) in [5.74, 6) is -0.288. The molecule has 2 aliphatic carbocycles. The monoisotopic (exact) mass is 377 g/mol. The van der Waals surface area contributed by atoms with Gasteiger partial charge in [-0.25, -0.2) is 4.39 Å². The molecule has 0 saturated heterocycles. The summed E-state index contributed by atoms with van der Waals surface area (Å²) >= 11 is 0. The number of aryl methyl sites for hydroxylation is 1. The minimum absolute atomic E-state index is 0.252. The first-order valence-electron chi connectivity index (χ1n) is 9.33. The van der Waals surface area contributed by atoms with Crippen molar-refractivity contribution < 1.29 is 14.1 Å². The molecule has 0 saturated carbocycles. The smallest absolute Gasteiger partial charge is 0.235 e. The largest absolute Gasteiger partial charge is 0.497 e. The van der Waals surface area contributed by atoms with Crippen molar-refractivity contribution in [1.29, 1.82) is 0 Å². The number of benzene rings is 2. The minimum atomic E-state index is -0.770. The lowest BCUT2D eigenvalue weighted by Gasteiger charge is -2.20. The van der Waals surface area contributed by atoms with Gasteiger partial charge in [-0.3, -0.25) is 10.1 Å². The second-order valence-electron chi connectivity index (χ2n) is 6.93. The number of hydrogen-bond donors (Lipinski definition) is 0. The molecule has 5 heteroatoms. The lowest BCUT2D eigenvalue weighted by atomic mass is 9.85. The van der Waals surface area contributed by atoms with E-state index >= 15 is 0 Å². The molecule has 0 amide bonds. The first kappa shape index (κ1) is 18.2. The Morgan fingerprint density at radius 1 is 1.11 bits per heavy atom. The van der Waals surface area contributed by atoms with Crippen molar-refractivity contribution in [2.45, 2.75) is 25.3 Å². The molecule has 1 unspecified atom stereocenters. The van der Waals surface area contributed by atoms with Crippen LogP contribution in [0.4, 0.5) is 4.39 Å². The highest BCUT2D eigenvalue weighted by Gasteiger charge is 2.26. The van der Waals surface area contributed by atoms with Crippen LogP contribution in [0.1, 0.15) is 28.7 Å². The summed E-state index contributed by atoms with van der Waals surface area (Å²) in [5.41, 5.74) is 3.53. The molecule has 3 aliphatic rings. The maximum Gasteiger partial charge on any atom is 0.235 e. The van der Waals surface area contributed by atoms with E-state index in [0.29, 0.717) is 5.56 Å². The average molecular weight is 377 g/mol. The maximum atomic E-state index is 14.5. The highest BCUT2D eigenvalue weighted by atomic mass is 19.1. The lowest BCUT2D eigenvalue weighted by molar-refractivity contribution is -0.508. The van der Waals surface area contributed by atoms with E-state index in [-0.39, 0.29) is 17.2 Å². The van der Waals surface area contributed by atoms with Crippen molar-refractivity contribution >= 4 is 22.9 Å². The summed E-state index contributed by atoms with van der Waals surface area (Å²) in [5, 5.41) is 12.9. The van der Waals surface area contributed by atoms with Gasteiger partial charge in [0.1, 0.15) is 12.4 Å². The van der Waals surface area contributed by atoms with Crippen LogP contribution >= 0.6 is 0 Å². The molecule has 0 radical (unpaired) electrons. The fraction of sp³-hybridized carbons (Fsp3) is 0.217. The molecule has 0 bridgehead atoms. The molecule has 1 aliphatic heterocycles. The third-order valence-electron chi connectivity index (χ3n) is 5.21. The Balaban J connectivity index is 0.000000275. The maximum absolute atomic E-state index is 14.5. The summed E-state index contributed by atoms with van der Waals surface area (Å²) < 4.78 is 19.3. The Hall–Kier alpha value is -3.21. The third kappa shape index (κ3) is 3.48. The molecule has 28 heavy (non-hydrogen) atoms. The van der Waals surface area contributed by atoms with E-state index in [1.165, 1.54) is 6.08 Å². The summed E-state index contributed by atoms with van der Waals surface area (Å²) in [7, 11) is 0. The van der Waals surface area contributed by atoms with Crippen molar-refractivity contribution in [2.24, 2.45) is 0 Å². The molecule has 0 fully saturated rings. The summed E-state index contributed by atoms with van der Waals surface area (Å²) in [6.07, 6.45) is 16.8.